The van der Waals surface area contributed by atoms with Crippen LogP contribution in [0.15, 0.2) is 29.4 Å². The summed E-state index contributed by atoms with van der Waals surface area (Å²) in [6, 6.07) is 7.81. The van der Waals surface area contributed by atoms with E-state index in [0.717, 1.165) is 43.4 Å². The van der Waals surface area contributed by atoms with Crippen molar-refractivity contribution in [2.45, 2.75) is 50.7 Å². The number of amides is 1. The number of carbonyl (C=O) groups excluding carboxylic acids is 1. The topological polar surface area (TPSA) is 87.5 Å². The Morgan fingerprint density at radius 2 is 2.29 bits per heavy atom. The number of carbonyl (C=O) groups is 1. The van der Waals surface area contributed by atoms with Crippen molar-refractivity contribution in [1.82, 2.24) is 0 Å². The van der Waals surface area contributed by atoms with Crippen LogP contribution in [0.4, 0.5) is 5.69 Å². The van der Waals surface area contributed by atoms with Gasteiger partial charge in [-0.15, -0.1) is 0 Å². The lowest BCUT2D eigenvalue weighted by atomic mass is 9.79. The van der Waals surface area contributed by atoms with E-state index >= 15 is 0 Å². The highest BCUT2D eigenvalue weighted by Gasteiger charge is 2.44. The van der Waals surface area contributed by atoms with E-state index in [-0.39, 0.29) is 24.1 Å². The molecule has 7 nitrogen and oxygen atoms in total. The molecule has 1 amide bonds. The van der Waals surface area contributed by atoms with Gasteiger partial charge in [-0.3, -0.25) is 4.79 Å². The molecule has 1 aliphatic heterocycles. The van der Waals surface area contributed by atoms with E-state index in [0.29, 0.717) is 6.61 Å². The van der Waals surface area contributed by atoms with E-state index in [9.17, 15) is 4.79 Å². The minimum absolute atomic E-state index is 0.0166. The molecule has 0 bridgehead atoms. The van der Waals surface area contributed by atoms with Crippen LogP contribution in [0.5, 0.6) is 0 Å². The first-order valence-corrected chi connectivity index (χ1v) is 8.34. The molecular weight excluding hydrogens is 308 g/mol. The summed E-state index contributed by atoms with van der Waals surface area (Å²) in [6.45, 7) is 2.41. The fraction of sp³-hybridized carbons (Fsp3) is 0.588. The number of nitrogens with zero attached hydrogens (tertiary/aromatic N) is 4. The van der Waals surface area contributed by atoms with Crippen LogP contribution >= 0.6 is 0 Å². The lowest BCUT2D eigenvalue weighted by Gasteiger charge is -2.41. The van der Waals surface area contributed by atoms with Crippen LogP contribution in [0.1, 0.15) is 37.7 Å². The van der Waals surface area contributed by atoms with Crippen LogP contribution in [0.2, 0.25) is 0 Å². The Balaban J connectivity index is 1.90. The Kier molecular flexibility index (Phi) is 5.04. The van der Waals surface area contributed by atoms with Crippen LogP contribution in [0, 0.1) is 6.92 Å². The molecular formula is C17H22N4O3. The van der Waals surface area contributed by atoms with Gasteiger partial charge in [0.05, 0.1) is 6.61 Å². The maximum absolute atomic E-state index is 12.7. The molecule has 2 aliphatic rings. The van der Waals surface area contributed by atoms with E-state index in [2.05, 4.69) is 10.0 Å². The summed E-state index contributed by atoms with van der Waals surface area (Å²) in [5.74, 6) is -0.178. The average Bonchev–Trinajstić information content (AvgIpc) is 3.02. The average molecular weight is 330 g/mol. The lowest BCUT2D eigenvalue weighted by Crippen LogP contribution is -2.49. The summed E-state index contributed by atoms with van der Waals surface area (Å²) in [5.41, 5.74) is 10.2. The van der Waals surface area contributed by atoms with Gasteiger partial charge in [0.15, 0.2) is 0 Å². The van der Waals surface area contributed by atoms with Gasteiger partial charge < -0.3 is 4.90 Å². The number of aryl methyl sites for hydroxylation is 1. The maximum Gasteiger partial charge on any atom is 0.233 e. The van der Waals surface area contributed by atoms with Gasteiger partial charge in [-0.1, -0.05) is 23.3 Å². The summed E-state index contributed by atoms with van der Waals surface area (Å²) in [4.78, 5) is 28.0. The second kappa shape index (κ2) is 7.21. The largest absolute Gasteiger partial charge is 0.309 e. The van der Waals surface area contributed by atoms with Gasteiger partial charge in [-0.05, 0) is 43.3 Å². The first-order valence-electron chi connectivity index (χ1n) is 8.34. The molecule has 128 valence electrons. The van der Waals surface area contributed by atoms with Crippen molar-refractivity contribution in [1.29, 1.82) is 0 Å². The SMILES string of the molecule is Cc1ccccc1N(C(=O)CN=[N+]=[N-])C1CCCC2(CCOO2)C1. The highest BCUT2D eigenvalue weighted by molar-refractivity contribution is 5.96. The second-order valence-corrected chi connectivity index (χ2v) is 6.53. The third-order valence-electron chi connectivity index (χ3n) is 4.93. The number of para-hydroxylation sites is 1. The normalized spacial score (nSPS) is 26.1. The third kappa shape index (κ3) is 3.38. The van der Waals surface area contributed by atoms with Crippen molar-refractivity contribution in [3.8, 4) is 0 Å². The monoisotopic (exact) mass is 330 g/mol. The van der Waals surface area contributed by atoms with Gasteiger partial charge in [0.25, 0.3) is 0 Å². The minimum atomic E-state index is -0.289. The maximum atomic E-state index is 12.7. The molecule has 0 N–H and O–H groups in total. The van der Waals surface area contributed by atoms with Crippen LogP contribution < -0.4 is 4.90 Å². The van der Waals surface area contributed by atoms with Crippen LogP contribution in [0.3, 0.4) is 0 Å². The van der Waals surface area contributed by atoms with E-state index < -0.39 is 0 Å². The zero-order valence-corrected chi connectivity index (χ0v) is 13.9. The molecule has 0 radical (unpaired) electrons. The molecule has 1 saturated heterocycles. The van der Waals surface area contributed by atoms with Crippen molar-refractivity contribution in [3.63, 3.8) is 0 Å². The van der Waals surface area contributed by atoms with Crippen LogP contribution in [0.25, 0.3) is 10.4 Å². The highest BCUT2D eigenvalue weighted by Crippen LogP contribution is 2.41. The Labute approximate surface area is 141 Å². The van der Waals surface area contributed by atoms with E-state index in [1.54, 1.807) is 4.90 Å². The second-order valence-electron chi connectivity index (χ2n) is 6.53. The molecule has 1 saturated carbocycles. The summed E-state index contributed by atoms with van der Waals surface area (Å²) in [5, 5.41) is 3.47. The van der Waals surface area contributed by atoms with Crippen molar-refractivity contribution >= 4 is 11.6 Å². The predicted molar refractivity (Wildman–Crippen MR) is 89.3 cm³/mol. The number of azide groups is 1. The Hall–Kier alpha value is -2.08. The van der Waals surface area contributed by atoms with Gasteiger partial charge >= 0.3 is 0 Å². The molecule has 1 spiro atoms. The third-order valence-corrected chi connectivity index (χ3v) is 4.93. The van der Waals surface area contributed by atoms with Crippen molar-refractivity contribution < 1.29 is 14.6 Å². The molecule has 1 aromatic carbocycles. The molecule has 1 heterocycles. The summed E-state index contributed by atoms with van der Waals surface area (Å²) in [6.07, 6.45) is 4.43. The molecule has 2 atom stereocenters. The number of benzene rings is 1. The van der Waals surface area contributed by atoms with Crippen LogP contribution in [-0.4, -0.2) is 30.7 Å². The highest BCUT2D eigenvalue weighted by atomic mass is 17.2. The summed E-state index contributed by atoms with van der Waals surface area (Å²) >= 11 is 0. The lowest BCUT2D eigenvalue weighted by molar-refractivity contribution is -0.315. The molecule has 24 heavy (non-hydrogen) atoms. The smallest absolute Gasteiger partial charge is 0.233 e. The Morgan fingerprint density at radius 3 is 3.00 bits per heavy atom. The standard InChI is InChI=1S/C17H22N4O3/c1-13-5-2-3-7-15(13)21(16(22)12-19-20-18)14-6-4-8-17(11-14)9-10-23-24-17/h2-3,5,7,14H,4,6,8-12H2,1H3. The zero-order valence-electron chi connectivity index (χ0n) is 13.9. The van der Waals surface area contributed by atoms with Gasteiger partial charge in [0.2, 0.25) is 5.91 Å². The van der Waals surface area contributed by atoms with Gasteiger partial charge in [0.1, 0.15) is 12.1 Å². The molecule has 2 unspecified atom stereocenters. The fourth-order valence-electron chi connectivity index (χ4n) is 3.79. The molecule has 1 aromatic rings. The van der Waals surface area contributed by atoms with E-state index in [4.69, 9.17) is 15.3 Å². The molecule has 1 aliphatic carbocycles. The van der Waals surface area contributed by atoms with Crippen molar-refractivity contribution in [3.05, 3.63) is 40.3 Å². The number of hydrogen-bond acceptors (Lipinski definition) is 4. The molecule has 3 rings (SSSR count). The Bertz CT molecular complexity index is 651. The number of rotatable bonds is 4. The van der Waals surface area contributed by atoms with Crippen molar-refractivity contribution in [2.24, 2.45) is 5.11 Å². The first-order chi connectivity index (χ1) is 11.7. The molecule has 7 heteroatoms. The molecule has 2 fully saturated rings. The van der Waals surface area contributed by atoms with Gasteiger partial charge in [-0.2, -0.15) is 0 Å². The first kappa shape index (κ1) is 16.8. The predicted octanol–water partition coefficient (Wildman–Crippen LogP) is 3.67. The zero-order chi connectivity index (χ0) is 17.0. The summed E-state index contributed by atoms with van der Waals surface area (Å²) in [7, 11) is 0. The number of anilines is 1. The number of hydrogen-bond donors (Lipinski definition) is 0. The summed E-state index contributed by atoms with van der Waals surface area (Å²) < 4.78 is 0. The van der Waals surface area contributed by atoms with Gasteiger partial charge in [0, 0.05) is 29.5 Å². The fourth-order valence-corrected chi connectivity index (χ4v) is 3.79. The van der Waals surface area contributed by atoms with Gasteiger partial charge in [-0.25, -0.2) is 9.78 Å². The molecule has 0 aromatic heterocycles. The quantitative estimate of drug-likeness (QED) is 0.365. The van der Waals surface area contributed by atoms with E-state index in [1.807, 2.05) is 31.2 Å². The van der Waals surface area contributed by atoms with Crippen molar-refractivity contribution in [2.75, 3.05) is 18.1 Å². The minimum Gasteiger partial charge on any atom is -0.309 e. The Morgan fingerprint density at radius 1 is 1.46 bits per heavy atom. The van der Waals surface area contributed by atoms with E-state index in [1.165, 1.54) is 0 Å². The van der Waals surface area contributed by atoms with Crippen LogP contribution in [-0.2, 0) is 14.6 Å².